The van der Waals surface area contributed by atoms with Crippen LogP contribution in [-0.4, -0.2) is 18.2 Å². The van der Waals surface area contributed by atoms with E-state index in [4.69, 9.17) is 23.2 Å². The van der Waals surface area contributed by atoms with Gasteiger partial charge in [-0.2, -0.15) is 5.10 Å². The highest BCUT2D eigenvalue weighted by Crippen LogP contribution is 2.25. The number of benzene rings is 2. The third kappa shape index (κ3) is 4.46. The van der Waals surface area contributed by atoms with Crippen molar-refractivity contribution in [3.8, 4) is 0 Å². The molecular formula is C19H19Cl2N3O2S. The molecule has 0 aliphatic rings. The van der Waals surface area contributed by atoms with Gasteiger partial charge in [0.1, 0.15) is 0 Å². The molecule has 0 radical (unpaired) electrons. The van der Waals surface area contributed by atoms with Gasteiger partial charge >= 0.3 is 0 Å². The molecule has 0 bridgehead atoms. The highest BCUT2D eigenvalue weighted by molar-refractivity contribution is 7.92. The molecule has 2 aromatic carbocycles. The maximum absolute atomic E-state index is 12.8. The van der Waals surface area contributed by atoms with Crippen LogP contribution in [0.5, 0.6) is 0 Å². The zero-order chi connectivity index (χ0) is 19.8. The van der Waals surface area contributed by atoms with Crippen molar-refractivity contribution in [2.45, 2.75) is 32.2 Å². The molecule has 1 heterocycles. The van der Waals surface area contributed by atoms with Gasteiger partial charge in [0.15, 0.2) is 5.82 Å². The first-order chi connectivity index (χ1) is 12.7. The molecule has 1 aromatic heterocycles. The van der Waals surface area contributed by atoms with E-state index in [1.54, 1.807) is 42.9 Å². The molecule has 0 aliphatic heterocycles. The summed E-state index contributed by atoms with van der Waals surface area (Å²) in [5.74, 6) is 0.250. The Labute approximate surface area is 169 Å². The second-order valence-corrected chi connectivity index (χ2v) is 8.93. The molecule has 0 atom stereocenters. The number of hydrogen-bond donors (Lipinski definition) is 1. The number of nitrogens with one attached hydrogen (secondary N) is 1. The van der Waals surface area contributed by atoms with Gasteiger partial charge in [-0.3, -0.25) is 9.40 Å². The first kappa shape index (κ1) is 19.7. The van der Waals surface area contributed by atoms with Crippen LogP contribution in [0.1, 0.15) is 22.3 Å². The second kappa shape index (κ2) is 7.54. The van der Waals surface area contributed by atoms with E-state index in [0.717, 1.165) is 11.1 Å². The van der Waals surface area contributed by atoms with Crippen molar-refractivity contribution in [1.29, 1.82) is 0 Å². The van der Waals surface area contributed by atoms with Crippen molar-refractivity contribution in [3.63, 3.8) is 0 Å². The zero-order valence-electron chi connectivity index (χ0n) is 15.1. The summed E-state index contributed by atoms with van der Waals surface area (Å²) in [6.45, 7) is 5.92. The summed E-state index contributed by atoms with van der Waals surface area (Å²) < 4.78 is 29.8. The molecule has 0 saturated carbocycles. The van der Waals surface area contributed by atoms with Gasteiger partial charge < -0.3 is 0 Å². The van der Waals surface area contributed by atoms with Crippen molar-refractivity contribution in [2.24, 2.45) is 0 Å². The van der Waals surface area contributed by atoms with Crippen molar-refractivity contribution < 1.29 is 8.42 Å². The lowest BCUT2D eigenvalue weighted by Gasteiger charge is -2.12. The van der Waals surface area contributed by atoms with Crippen LogP contribution in [0.4, 0.5) is 5.82 Å². The SMILES string of the molecule is Cc1cc(C)c(S(=O)(=O)Nc2ccn(Cc3ccc(Cl)cc3Cl)n2)c(C)c1. The Hall–Kier alpha value is -2.02. The molecule has 0 unspecified atom stereocenters. The van der Waals surface area contributed by atoms with E-state index in [-0.39, 0.29) is 10.7 Å². The summed E-state index contributed by atoms with van der Waals surface area (Å²) in [5, 5.41) is 5.38. The molecule has 142 valence electrons. The minimum absolute atomic E-state index is 0.250. The van der Waals surface area contributed by atoms with Gasteiger partial charge in [0.05, 0.1) is 11.4 Å². The third-order valence-electron chi connectivity index (χ3n) is 4.10. The molecule has 3 rings (SSSR count). The van der Waals surface area contributed by atoms with E-state index in [9.17, 15) is 8.42 Å². The summed E-state index contributed by atoms with van der Waals surface area (Å²) in [6.07, 6.45) is 1.69. The normalized spacial score (nSPS) is 11.6. The Bertz CT molecular complexity index is 1080. The number of rotatable bonds is 5. The monoisotopic (exact) mass is 423 g/mol. The first-order valence-corrected chi connectivity index (χ1v) is 10.5. The lowest BCUT2D eigenvalue weighted by atomic mass is 10.1. The fraction of sp³-hybridized carbons (Fsp3) is 0.211. The molecule has 3 aromatic rings. The summed E-state index contributed by atoms with van der Waals surface area (Å²) in [5.41, 5.74) is 3.26. The molecule has 0 saturated heterocycles. The zero-order valence-corrected chi connectivity index (χ0v) is 17.5. The van der Waals surface area contributed by atoms with Crippen LogP contribution >= 0.6 is 23.2 Å². The Morgan fingerprint density at radius 2 is 1.70 bits per heavy atom. The van der Waals surface area contributed by atoms with Gasteiger partial charge in [-0.25, -0.2) is 8.42 Å². The van der Waals surface area contributed by atoms with E-state index in [1.165, 1.54) is 0 Å². The largest absolute Gasteiger partial charge is 0.266 e. The van der Waals surface area contributed by atoms with Gasteiger partial charge in [0.2, 0.25) is 0 Å². The van der Waals surface area contributed by atoms with E-state index < -0.39 is 10.0 Å². The predicted octanol–water partition coefficient (Wildman–Crippen LogP) is 4.96. The quantitative estimate of drug-likeness (QED) is 0.630. The number of anilines is 1. The molecule has 0 aliphatic carbocycles. The van der Waals surface area contributed by atoms with E-state index in [1.807, 2.05) is 25.1 Å². The molecular weight excluding hydrogens is 405 g/mol. The van der Waals surface area contributed by atoms with Gasteiger partial charge in [0, 0.05) is 22.3 Å². The van der Waals surface area contributed by atoms with Crippen LogP contribution in [0.15, 0.2) is 47.5 Å². The summed E-state index contributed by atoms with van der Waals surface area (Å²) in [4.78, 5) is 0.281. The van der Waals surface area contributed by atoms with Crippen molar-refractivity contribution in [1.82, 2.24) is 9.78 Å². The lowest BCUT2D eigenvalue weighted by Crippen LogP contribution is -2.16. The molecule has 1 N–H and O–H groups in total. The number of sulfonamides is 1. The van der Waals surface area contributed by atoms with E-state index in [0.29, 0.717) is 27.7 Å². The Morgan fingerprint density at radius 3 is 2.33 bits per heavy atom. The Balaban J connectivity index is 1.83. The molecule has 0 fully saturated rings. The molecule has 0 spiro atoms. The highest BCUT2D eigenvalue weighted by Gasteiger charge is 2.21. The van der Waals surface area contributed by atoms with Crippen molar-refractivity contribution >= 4 is 39.0 Å². The summed E-state index contributed by atoms with van der Waals surface area (Å²) >= 11 is 12.1. The molecule has 8 heteroatoms. The van der Waals surface area contributed by atoms with Gasteiger partial charge in [-0.15, -0.1) is 0 Å². The van der Waals surface area contributed by atoms with Crippen LogP contribution in [0.25, 0.3) is 0 Å². The van der Waals surface area contributed by atoms with Gasteiger partial charge in [-0.05, 0) is 49.6 Å². The smallest absolute Gasteiger partial charge is 0.263 e. The second-order valence-electron chi connectivity index (χ2n) is 6.47. The maximum Gasteiger partial charge on any atom is 0.263 e. The molecule has 5 nitrogen and oxygen atoms in total. The van der Waals surface area contributed by atoms with E-state index in [2.05, 4.69) is 9.82 Å². The number of aryl methyl sites for hydroxylation is 3. The van der Waals surface area contributed by atoms with Crippen LogP contribution < -0.4 is 4.72 Å². The number of hydrogen-bond acceptors (Lipinski definition) is 3. The molecule has 27 heavy (non-hydrogen) atoms. The summed E-state index contributed by atoms with van der Waals surface area (Å²) in [6, 6.07) is 10.5. The lowest BCUT2D eigenvalue weighted by molar-refractivity contribution is 0.599. The third-order valence-corrected chi connectivity index (χ3v) is 6.35. The average molecular weight is 424 g/mol. The maximum atomic E-state index is 12.8. The van der Waals surface area contributed by atoms with Gasteiger partial charge in [0.25, 0.3) is 10.0 Å². The minimum atomic E-state index is -3.73. The minimum Gasteiger partial charge on any atom is -0.266 e. The number of aromatic nitrogens is 2. The van der Waals surface area contributed by atoms with Crippen LogP contribution in [0.3, 0.4) is 0 Å². The standard InChI is InChI=1S/C19H19Cl2N3O2S/c1-12-8-13(2)19(14(3)9-12)27(25,26)23-18-6-7-24(22-18)11-15-4-5-16(20)10-17(15)21/h4-10H,11H2,1-3H3,(H,22,23). The predicted molar refractivity (Wildman–Crippen MR) is 109 cm³/mol. The fourth-order valence-electron chi connectivity index (χ4n) is 3.11. The van der Waals surface area contributed by atoms with E-state index >= 15 is 0 Å². The Kier molecular flexibility index (Phi) is 5.51. The number of nitrogens with zero attached hydrogens (tertiary/aromatic N) is 2. The summed E-state index contributed by atoms with van der Waals surface area (Å²) in [7, 11) is -3.73. The van der Waals surface area contributed by atoms with Crippen molar-refractivity contribution in [3.05, 3.63) is 74.9 Å². The van der Waals surface area contributed by atoms with Crippen LogP contribution in [-0.2, 0) is 16.6 Å². The van der Waals surface area contributed by atoms with Crippen LogP contribution in [0.2, 0.25) is 10.0 Å². The van der Waals surface area contributed by atoms with Gasteiger partial charge in [-0.1, -0.05) is 47.0 Å². The first-order valence-electron chi connectivity index (χ1n) is 8.24. The highest BCUT2D eigenvalue weighted by atomic mass is 35.5. The topological polar surface area (TPSA) is 64.0 Å². The molecule has 0 amide bonds. The number of halogens is 2. The Morgan fingerprint density at radius 1 is 1.04 bits per heavy atom. The van der Waals surface area contributed by atoms with Crippen LogP contribution in [0, 0.1) is 20.8 Å². The fourth-order valence-corrected chi connectivity index (χ4v) is 5.03. The average Bonchev–Trinajstić information content (AvgIpc) is 2.95. The van der Waals surface area contributed by atoms with Crippen molar-refractivity contribution in [2.75, 3.05) is 4.72 Å².